The predicted molar refractivity (Wildman–Crippen MR) is 143 cm³/mol. The van der Waals surface area contributed by atoms with Gasteiger partial charge in [0.15, 0.2) is 0 Å². The Kier molecular flexibility index (Phi) is 8.84. The van der Waals surface area contributed by atoms with Crippen LogP contribution in [0.15, 0.2) is 39.7 Å². The summed E-state index contributed by atoms with van der Waals surface area (Å²) in [4.78, 5) is 28.4. The van der Waals surface area contributed by atoms with Gasteiger partial charge in [-0.3, -0.25) is 9.59 Å². The summed E-state index contributed by atoms with van der Waals surface area (Å²) in [5, 5.41) is 3.43. The van der Waals surface area contributed by atoms with Crippen LogP contribution in [0.4, 0.5) is 0 Å². The second-order valence-corrected chi connectivity index (χ2v) is 10.8. The van der Waals surface area contributed by atoms with E-state index in [0.717, 1.165) is 61.9 Å². The highest BCUT2D eigenvalue weighted by Gasteiger charge is 2.40. The highest BCUT2D eigenvalue weighted by molar-refractivity contribution is 9.10. The Balaban J connectivity index is 1.54. The molecule has 1 aliphatic heterocycles. The van der Waals surface area contributed by atoms with Gasteiger partial charge < -0.3 is 19.5 Å². The van der Waals surface area contributed by atoms with Crippen molar-refractivity contribution in [2.45, 2.75) is 64.5 Å². The van der Waals surface area contributed by atoms with Gasteiger partial charge in [0.25, 0.3) is 5.56 Å². The molecule has 2 aliphatic rings. The Morgan fingerprint density at radius 1 is 1.26 bits per heavy atom. The summed E-state index contributed by atoms with van der Waals surface area (Å²) in [6, 6.07) is 8.47. The summed E-state index contributed by atoms with van der Waals surface area (Å²) in [7, 11) is 1.76. The molecule has 2 atom stereocenters. The van der Waals surface area contributed by atoms with Crippen molar-refractivity contribution in [2.75, 3.05) is 26.3 Å². The third-order valence-electron chi connectivity index (χ3n) is 7.43. The summed E-state index contributed by atoms with van der Waals surface area (Å²) in [5.74, 6) is 0.119. The number of piperidine rings is 1. The van der Waals surface area contributed by atoms with Crippen molar-refractivity contribution >= 4 is 21.8 Å². The molecule has 0 spiro atoms. The van der Waals surface area contributed by atoms with Gasteiger partial charge in [0.2, 0.25) is 5.91 Å². The number of aryl methyl sites for hydroxylation is 2. The van der Waals surface area contributed by atoms with E-state index in [2.05, 4.69) is 45.2 Å². The number of aromatic nitrogens is 1. The molecule has 7 heteroatoms. The number of halogens is 1. The number of ether oxygens (including phenoxy) is 1. The van der Waals surface area contributed by atoms with E-state index in [1.807, 2.05) is 19.2 Å². The zero-order valence-electron chi connectivity index (χ0n) is 21.2. The van der Waals surface area contributed by atoms with Gasteiger partial charge in [-0.05, 0) is 92.8 Å². The number of rotatable bonds is 10. The van der Waals surface area contributed by atoms with Crippen LogP contribution in [0, 0.1) is 12.8 Å². The predicted octanol–water partition coefficient (Wildman–Crippen LogP) is 4.31. The SMILES string of the molecule is CCOCCCc1cc(CN(C(=O)C2CNCC[C@@H]2c2ccn(C)c(=O)c2)C2CC2)cc(Br)c1C. The molecule has 0 radical (unpaired) electrons. The minimum Gasteiger partial charge on any atom is -0.382 e. The van der Waals surface area contributed by atoms with Crippen LogP contribution < -0.4 is 10.9 Å². The van der Waals surface area contributed by atoms with E-state index in [1.54, 1.807) is 17.7 Å². The quantitative estimate of drug-likeness (QED) is 0.453. The molecule has 1 unspecified atom stereocenters. The average molecular weight is 545 g/mol. The number of nitrogens with zero attached hydrogens (tertiary/aromatic N) is 2. The molecule has 35 heavy (non-hydrogen) atoms. The molecule has 2 aromatic rings. The second kappa shape index (κ2) is 11.8. The van der Waals surface area contributed by atoms with Crippen LogP contribution in [-0.2, 0) is 29.5 Å². The molecule has 1 saturated heterocycles. The Morgan fingerprint density at radius 3 is 2.77 bits per heavy atom. The zero-order chi connectivity index (χ0) is 24.9. The lowest BCUT2D eigenvalue weighted by atomic mass is 9.80. The standard InChI is InChI=1S/C28H38BrN3O3/c1-4-35-13-5-6-21-14-20(15-26(29)19(21)2)18-32(23-7-8-23)28(34)25-17-30-11-9-24(25)22-10-12-31(3)27(33)16-22/h10,12,14-16,23-25,30H,4-9,11,13,17-18H2,1-3H3/t24-,25?/m1/s1. The summed E-state index contributed by atoms with van der Waals surface area (Å²) in [5.41, 5.74) is 4.71. The molecule has 2 fully saturated rings. The maximum atomic E-state index is 14.0. The van der Waals surface area contributed by atoms with Gasteiger partial charge in [-0.2, -0.15) is 0 Å². The van der Waals surface area contributed by atoms with Crippen molar-refractivity contribution in [3.63, 3.8) is 0 Å². The first kappa shape index (κ1) is 26.1. The number of hydrogen-bond acceptors (Lipinski definition) is 4. The fraction of sp³-hybridized carbons (Fsp3) is 0.571. The van der Waals surface area contributed by atoms with Crippen molar-refractivity contribution in [1.82, 2.24) is 14.8 Å². The van der Waals surface area contributed by atoms with Crippen LogP contribution in [0.1, 0.15) is 60.8 Å². The lowest BCUT2D eigenvalue weighted by Gasteiger charge is -2.36. The molecule has 0 bridgehead atoms. The van der Waals surface area contributed by atoms with E-state index in [9.17, 15) is 9.59 Å². The third kappa shape index (κ3) is 6.43. The summed E-state index contributed by atoms with van der Waals surface area (Å²) in [6.07, 6.45) is 6.77. The average Bonchev–Trinajstić information content (AvgIpc) is 3.70. The molecule has 1 saturated carbocycles. The van der Waals surface area contributed by atoms with Crippen molar-refractivity contribution < 1.29 is 9.53 Å². The van der Waals surface area contributed by atoms with Gasteiger partial charge in [-0.1, -0.05) is 22.0 Å². The monoisotopic (exact) mass is 543 g/mol. The zero-order valence-corrected chi connectivity index (χ0v) is 22.8. The number of carbonyl (C=O) groups excluding carboxylic acids is 1. The van der Waals surface area contributed by atoms with Crippen LogP contribution in [0.2, 0.25) is 0 Å². The third-order valence-corrected chi connectivity index (χ3v) is 8.25. The van der Waals surface area contributed by atoms with Crippen molar-refractivity contribution in [3.05, 3.63) is 67.5 Å². The fourth-order valence-electron chi connectivity index (χ4n) is 5.15. The number of amides is 1. The smallest absolute Gasteiger partial charge is 0.250 e. The molecule has 2 heterocycles. The number of pyridine rings is 1. The molecule has 1 aromatic carbocycles. The Bertz CT molecular complexity index is 1100. The van der Waals surface area contributed by atoms with E-state index >= 15 is 0 Å². The lowest BCUT2D eigenvalue weighted by Crippen LogP contribution is -2.47. The van der Waals surface area contributed by atoms with Crippen LogP contribution >= 0.6 is 15.9 Å². The van der Waals surface area contributed by atoms with Crippen LogP contribution in [0.5, 0.6) is 0 Å². The number of hydrogen-bond donors (Lipinski definition) is 1. The largest absolute Gasteiger partial charge is 0.382 e. The number of nitrogens with one attached hydrogen (secondary N) is 1. The van der Waals surface area contributed by atoms with E-state index in [1.165, 1.54) is 16.7 Å². The van der Waals surface area contributed by atoms with E-state index < -0.39 is 0 Å². The summed E-state index contributed by atoms with van der Waals surface area (Å²) < 4.78 is 8.21. The maximum Gasteiger partial charge on any atom is 0.250 e. The topological polar surface area (TPSA) is 63.6 Å². The molecule has 6 nitrogen and oxygen atoms in total. The molecule has 4 rings (SSSR count). The Hall–Kier alpha value is -1.96. The van der Waals surface area contributed by atoms with Crippen molar-refractivity contribution in [3.8, 4) is 0 Å². The highest BCUT2D eigenvalue weighted by atomic mass is 79.9. The fourth-order valence-corrected chi connectivity index (χ4v) is 5.70. The first-order valence-electron chi connectivity index (χ1n) is 12.9. The number of benzene rings is 1. The van der Waals surface area contributed by atoms with Gasteiger partial charge in [-0.15, -0.1) is 0 Å². The van der Waals surface area contributed by atoms with Crippen molar-refractivity contribution in [1.29, 1.82) is 0 Å². The molecule has 1 aliphatic carbocycles. The Morgan fingerprint density at radius 2 is 2.06 bits per heavy atom. The van der Waals surface area contributed by atoms with Crippen LogP contribution in [0.25, 0.3) is 0 Å². The summed E-state index contributed by atoms with van der Waals surface area (Å²) >= 11 is 3.75. The minimum absolute atomic E-state index is 0.0207. The number of carbonyl (C=O) groups is 1. The second-order valence-electron chi connectivity index (χ2n) is 9.97. The molecular formula is C28H38BrN3O3. The molecular weight excluding hydrogens is 506 g/mol. The highest BCUT2D eigenvalue weighted by Crippen LogP contribution is 2.36. The first-order chi connectivity index (χ1) is 16.9. The van der Waals surface area contributed by atoms with Gasteiger partial charge in [0, 0.05) is 56.1 Å². The van der Waals surface area contributed by atoms with Gasteiger partial charge in [0.1, 0.15) is 0 Å². The molecule has 1 aromatic heterocycles. The van der Waals surface area contributed by atoms with Crippen LogP contribution in [-0.4, -0.2) is 47.7 Å². The van der Waals surface area contributed by atoms with E-state index in [0.29, 0.717) is 19.1 Å². The molecule has 190 valence electrons. The Labute approximate surface area is 217 Å². The van der Waals surface area contributed by atoms with Gasteiger partial charge >= 0.3 is 0 Å². The molecule has 1 N–H and O–H groups in total. The van der Waals surface area contributed by atoms with Gasteiger partial charge in [0.05, 0.1) is 5.92 Å². The lowest BCUT2D eigenvalue weighted by molar-refractivity contribution is -0.138. The summed E-state index contributed by atoms with van der Waals surface area (Å²) in [6.45, 7) is 7.83. The minimum atomic E-state index is -0.156. The van der Waals surface area contributed by atoms with E-state index in [-0.39, 0.29) is 23.3 Å². The maximum absolute atomic E-state index is 14.0. The van der Waals surface area contributed by atoms with E-state index in [4.69, 9.17) is 4.74 Å². The normalized spacial score (nSPS) is 20.1. The molecule has 1 amide bonds. The van der Waals surface area contributed by atoms with Crippen molar-refractivity contribution in [2.24, 2.45) is 13.0 Å². The van der Waals surface area contributed by atoms with Crippen LogP contribution in [0.3, 0.4) is 0 Å². The first-order valence-corrected chi connectivity index (χ1v) is 13.7. The van der Waals surface area contributed by atoms with Gasteiger partial charge in [-0.25, -0.2) is 0 Å².